The van der Waals surface area contributed by atoms with Crippen molar-refractivity contribution in [2.75, 3.05) is 6.54 Å². The van der Waals surface area contributed by atoms with Crippen LogP contribution in [0.5, 0.6) is 0 Å². The quantitative estimate of drug-likeness (QED) is 0.566. The van der Waals surface area contributed by atoms with Crippen molar-refractivity contribution in [3.63, 3.8) is 0 Å². The van der Waals surface area contributed by atoms with Crippen molar-refractivity contribution in [2.45, 2.75) is 33.2 Å². The largest absolute Gasteiger partial charge is 0.481 e. The lowest BCUT2D eigenvalue weighted by Crippen LogP contribution is -2.39. The molecule has 0 fully saturated rings. The molecule has 0 amide bonds. The number of nitrogens with zero attached hydrogens (tertiary/aromatic N) is 1. The Bertz CT molecular complexity index is 454. The van der Waals surface area contributed by atoms with Crippen LogP contribution in [0.4, 0.5) is 5.00 Å². The van der Waals surface area contributed by atoms with Crippen molar-refractivity contribution in [2.24, 2.45) is 5.41 Å². The molecular weight excluding hydrogens is 268 g/mol. The summed E-state index contributed by atoms with van der Waals surface area (Å²) in [4.78, 5) is 21.4. The molecule has 6 nitrogen and oxygen atoms in total. The molecule has 0 atom stereocenters. The Balaban J connectivity index is 2.56. The van der Waals surface area contributed by atoms with Gasteiger partial charge in [-0.1, -0.05) is 25.2 Å². The lowest BCUT2D eigenvalue weighted by atomic mass is 9.82. The third kappa shape index (κ3) is 3.74. The van der Waals surface area contributed by atoms with Gasteiger partial charge in [0.15, 0.2) is 0 Å². The van der Waals surface area contributed by atoms with E-state index in [1.54, 1.807) is 5.38 Å². The summed E-state index contributed by atoms with van der Waals surface area (Å²) >= 11 is 1.08. The van der Waals surface area contributed by atoms with Gasteiger partial charge in [-0.05, 0) is 18.4 Å². The molecule has 1 aromatic rings. The molecule has 106 valence electrons. The van der Waals surface area contributed by atoms with Crippen LogP contribution in [0.25, 0.3) is 0 Å². The van der Waals surface area contributed by atoms with Crippen molar-refractivity contribution >= 4 is 22.3 Å². The first-order valence-corrected chi connectivity index (χ1v) is 6.99. The van der Waals surface area contributed by atoms with Crippen LogP contribution in [0, 0.1) is 15.5 Å². The minimum absolute atomic E-state index is 0.104. The van der Waals surface area contributed by atoms with Crippen LogP contribution in [0.3, 0.4) is 0 Å². The van der Waals surface area contributed by atoms with Crippen LogP contribution in [0.2, 0.25) is 0 Å². The molecular formula is C12H18N2O4S. The molecule has 0 aliphatic rings. The monoisotopic (exact) mass is 286 g/mol. The summed E-state index contributed by atoms with van der Waals surface area (Å²) in [5.41, 5.74) is 0.0466. The van der Waals surface area contributed by atoms with Crippen LogP contribution >= 0.6 is 11.3 Å². The smallest absolute Gasteiger partial charge is 0.324 e. The van der Waals surface area contributed by atoms with Gasteiger partial charge in [-0.15, -0.1) is 0 Å². The second-order valence-corrected chi connectivity index (χ2v) is 5.34. The Morgan fingerprint density at radius 1 is 1.53 bits per heavy atom. The zero-order valence-corrected chi connectivity index (χ0v) is 11.8. The van der Waals surface area contributed by atoms with Gasteiger partial charge in [-0.2, -0.15) is 0 Å². The predicted octanol–water partition coefficient (Wildman–Crippen LogP) is 2.64. The number of hydrogen-bond acceptors (Lipinski definition) is 5. The molecule has 1 rings (SSSR count). The van der Waals surface area contributed by atoms with E-state index in [1.807, 2.05) is 13.8 Å². The fourth-order valence-corrected chi connectivity index (χ4v) is 2.60. The summed E-state index contributed by atoms with van der Waals surface area (Å²) in [6, 6.07) is 1.51. The summed E-state index contributed by atoms with van der Waals surface area (Å²) in [6.45, 7) is 4.52. The first kappa shape index (κ1) is 15.6. The number of carbonyl (C=O) groups is 1. The van der Waals surface area contributed by atoms with Gasteiger partial charge < -0.3 is 10.4 Å². The Morgan fingerprint density at radius 2 is 2.16 bits per heavy atom. The van der Waals surface area contributed by atoms with E-state index in [2.05, 4.69) is 5.32 Å². The highest BCUT2D eigenvalue weighted by Crippen LogP contribution is 2.26. The number of thiophene rings is 1. The summed E-state index contributed by atoms with van der Waals surface area (Å²) in [5.74, 6) is -0.804. The molecule has 2 N–H and O–H groups in total. The average molecular weight is 286 g/mol. The van der Waals surface area contributed by atoms with E-state index < -0.39 is 16.3 Å². The molecule has 0 bridgehead atoms. The van der Waals surface area contributed by atoms with Crippen LogP contribution < -0.4 is 5.32 Å². The molecule has 0 saturated heterocycles. The van der Waals surface area contributed by atoms with Crippen LogP contribution in [-0.4, -0.2) is 22.5 Å². The van der Waals surface area contributed by atoms with Gasteiger partial charge in [0.05, 0.1) is 10.3 Å². The van der Waals surface area contributed by atoms with Gasteiger partial charge in [0.1, 0.15) is 0 Å². The van der Waals surface area contributed by atoms with E-state index in [9.17, 15) is 20.0 Å². The highest BCUT2D eigenvalue weighted by Gasteiger charge is 2.34. The number of carboxylic acids is 1. The first-order chi connectivity index (χ1) is 8.95. The van der Waals surface area contributed by atoms with Gasteiger partial charge in [-0.25, -0.2) is 0 Å². The van der Waals surface area contributed by atoms with Crippen molar-refractivity contribution in [1.82, 2.24) is 5.32 Å². The number of carboxylic acid groups (broad SMARTS) is 1. The third-order valence-electron chi connectivity index (χ3n) is 3.42. The van der Waals surface area contributed by atoms with Crippen molar-refractivity contribution in [3.05, 3.63) is 27.1 Å². The maximum absolute atomic E-state index is 11.3. The predicted molar refractivity (Wildman–Crippen MR) is 73.3 cm³/mol. The topological polar surface area (TPSA) is 92.5 Å². The molecule has 0 unspecified atom stereocenters. The van der Waals surface area contributed by atoms with E-state index in [1.165, 1.54) is 6.07 Å². The Hall–Kier alpha value is -1.47. The number of rotatable bonds is 8. The van der Waals surface area contributed by atoms with E-state index in [0.29, 0.717) is 25.9 Å². The molecule has 1 aromatic heterocycles. The fraction of sp³-hybridized carbons (Fsp3) is 0.583. The first-order valence-electron chi connectivity index (χ1n) is 6.11. The normalized spacial score (nSPS) is 11.5. The van der Waals surface area contributed by atoms with Gasteiger partial charge in [-0.3, -0.25) is 14.9 Å². The lowest BCUT2D eigenvalue weighted by Gasteiger charge is -2.26. The van der Waals surface area contributed by atoms with E-state index in [4.69, 9.17) is 0 Å². The van der Waals surface area contributed by atoms with Crippen LogP contribution in [0.15, 0.2) is 11.4 Å². The average Bonchev–Trinajstić information content (AvgIpc) is 2.83. The second kappa shape index (κ2) is 6.63. The minimum Gasteiger partial charge on any atom is -0.481 e. The van der Waals surface area contributed by atoms with Crippen LogP contribution in [-0.2, 0) is 11.3 Å². The number of nitro groups is 1. The molecule has 0 spiro atoms. The molecule has 19 heavy (non-hydrogen) atoms. The van der Waals surface area contributed by atoms with Crippen molar-refractivity contribution in [1.29, 1.82) is 0 Å². The Labute approximate surface area is 115 Å². The van der Waals surface area contributed by atoms with Crippen molar-refractivity contribution < 1.29 is 14.8 Å². The van der Waals surface area contributed by atoms with Gasteiger partial charge in [0.2, 0.25) is 0 Å². The lowest BCUT2D eigenvalue weighted by molar-refractivity contribution is -0.380. The molecule has 7 heteroatoms. The number of aliphatic carboxylic acids is 1. The Morgan fingerprint density at radius 3 is 2.58 bits per heavy atom. The molecule has 1 heterocycles. The molecule has 0 aromatic carbocycles. The standard InChI is InChI=1S/C12H18N2O4S/c1-3-12(4-2,11(15)16)8-13-6-9-5-10(14(17)18)19-7-9/h5,7,13H,3-4,6,8H2,1-2H3,(H,15,16). The maximum atomic E-state index is 11.3. The highest BCUT2D eigenvalue weighted by atomic mass is 32.1. The SMILES string of the molecule is CCC(CC)(CNCc1csc([N+](=O)[O-])c1)C(=O)O. The number of hydrogen-bond donors (Lipinski definition) is 2. The van der Waals surface area contributed by atoms with E-state index in [-0.39, 0.29) is 5.00 Å². The van der Waals surface area contributed by atoms with E-state index in [0.717, 1.165) is 16.9 Å². The molecule has 0 saturated carbocycles. The fourth-order valence-electron chi connectivity index (χ4n) is 1.88. The van der Waals surface area contributed by atoms with Crippen LogP contribution in [0.1, 0.15) is 32.3 Å². The van der Waals surface area contributed by atoms with Gasteiger partial charge in [0.25, 0.3) is 0 Å². The Kier molecular flexibility index (Phi) is 5.44. The summed E-state index contributed by atoms with van der Waals surface area (Å²) in [6.07, 6.45) is 1.10. The molecule has 0 aliphatic carbocycles. The number of nitrogens with one attached hydrogen (secondary N) is 1. The maximum Gasteiger partial charge on any atom is 0.324 e. The molecule has 0 aliphatic heterocycles. The highest BCUT2D eigenvalue weighted by molar-refractivity contribution is 7.13. The summed E-state index contributed by atoms with van der Waals surface area (Å²) < 4.78 is 0. The van der Waals surface area contributed by atoms with Gasteiger partial charge >= 0.3 is 11.0 Å². The minimum atomic E-state index is -0.804. The summed E-state index contributed by atoms with van der Waals surface area (Å²) in [7, 11) is 0. The summed E-state index contributed by atoms with van der Waals surface area (Å²) in [5, 5.41) is 24.7. The van der Waals surface area contributed by atoms with Gasteiger partial charge in [0, 0.05) is 24.5 Å². The third-order valence-corrected chi connectivity index (χ3v) is 4.35. The second-order valence-electron chi connectivity index (χ2n) is 4.45. The zero-order valence-electron chi connectivity index (χ0n) is 11.0. The van der Waals surface area contributed by atoms with Crippen molar-refractivity contribution in [3.8, 4) is 0 Å². The molecule has 0 radical (unpaired) electrons. The zero-order chi connectivity index (χ0) is 14.5. The van der Waals surface area contributed by atoms with E-state index >= 15 is 0 Å².